The third-order valence-corrected chi connectivity index (χ3v) is 6.55. The third-order valence-electron chi connectivity index (χ3n) is 5.36. The van der Waals surface area contributed by atoms with E-state index in [2.05, 4.69) is 5.32 Å². The second-order valence-corrected chi connectivity index (χ2v) is 9.59. The molecule has 2 rings (SSSR count). The summed E-state index contributed by atoms with van der Waals surface area (Å²) in [5.41, 5.74) is 0.603. The normalized spacial score (nSPS) is 13.9. The highest BCUT2D eigenvalue weighted by Gasteiger charge is 2.39. The van der Waals surface area contributed by atoms with Crippen LogP contribution >= 0.6 is 34.8 Å². The van der Waals surface area contributed by atoms with Crippen molar-refractivity contribution in [1.29, 1.82) is 0 Å². The fourth-order valence-electron chi connectivity index (χ4n) is 3.52. The molecule has 2 atom stereocenters. The number of rotatable bonds is 9. The molecule has 0 fully saturated rings. The van der Waals surface area contributed by atoms with Gasteiger partial charge < -0.3 is 10.6 Å². The lowest BCUT2D eigenvalue weighted by atomic mass is 9.96. The predicted molar refractivity (Wildman–Crippen MR) is 136 cm³/mol. The summed E-state index contributed by atoms with van der Waals surface area (Å²) in [6, 6.07) is 5.16. The van der Waals surface area contributed by atoms with E-state index in [9.17, 15) is 35.9 Å². The zero-order valence-corrected chi connectivity index (χ0v) is 22.3. The summed E-state index contributed by atoms with van der Waals surface area (Å²) in [5.74, 6) is -3.74. The molecule has 0 aliphatic carbocycles. The van der Waals surface area contributed by atoms with Crippen molar-refractivity contribution in [1.82, 2.24) is 10.6 Å². The number of alkyl halides is 6. The first-order chi connectivity index (χ1) is 17.5. The van der Waals surface area contributed by atoms with Crippen LogP contribution in [0.25, 0.3) is 6.08 Å². The van der Waals surface area contributed by atoms with Crippen molar-refractivity contribution in [2.45, 2.75) is 51.0 Å². The van der Waals surface area contributed by atoms with Gasteiger partial charge in [0.1, 0.15) is 12.6 Å². The van der Waals surface area contributed by atoms with Gasteiger partial charge in [0, 0.05) is 5.56 Å². The second-order valence-electron chi connectivity index (χ2n) is 8.40. The molecule has 0 aliphatic heterocycles. The van der Waals surface area contributed by atoms with Crippen molar-refractivity contribution >= 4 is 52.7 Å². The zero-order chi connectivity index (χ0) is 28.8. The Kier molecular flexibility index (Phi) is 10.9. The highest BCUT2D eigenvalue weighted by Crippen LogP contribution is 2.41. The van der Waals surface area contributed by atoms with Crippen LogP contribution in [0.3, 0.4) is 0 Å². The Morgan fingerprint density at radius 3 is 2.11 bits per heavy atom. The number of nitrogens with one attached hydrogen (secondary N) is 2. The fourth-order valence-corrected chi connectivity index (χ4v) is 4.13. The van der Waals surface area contributed by atoms with Crippen LogP contribution < -0.4 is 10.6 Å². The van der Waals surface area contributed by atoms with Gasteiger partial charge in [-0.25, -0.2) is 0 Å². The Morgan fingerprint density at radius 1 is 1.00 bits per heavy atom. The van der Waals surface area contributed by atoms with Gasteiger partial charge in [-0.3, -0.25) is 9.59 Å². The number of hydrogen-bond acceptors (Lipinski definition) is 2. The average molecular weight is 604 g/mol. The SMILES string of the molecule is CCCC(NC(=O)c1ccc(C=CC(c2cc(Cl)c(Cl)c(Cl)c2)C(F)(F)F)cc1C)C(=O)NCC(F)(F)F. The van der Waals surface area contributed by atoms with Gasteiger partial charge in [-0.05, 0) is 48.2 Å². The van der Waals surface area contributed by atoms with Crippen molar-refractivity contribution in [3.63, 3.8) is 0 Å². The number of carbonyl (C=O) groups excluding carboxylic acids is 2. The average Bonchev–Trinajstić information content (AvgIpc) is 2.79. The number of amides is 2. The Hall–Kier alpha value is -2.43. The molecule has 2 aromatic rings. The van der Waals surface area contributed by atoms with Gasteiger partial charge in [0.15, 0.2) is 0 Å². The molecule has 0 saturated heterocycles. The molecule has 0 radical (unpaired) electrons. The second kappa shape index (κ2) is 13.1. The minimum absolute atomic E-state index is 0.0644. The summed E-state index contributed by atoms with van der Waals surface area (Å²) in [6.07, 6.45) is -6.63. The maximum Gasteiger partial charge on any atom is 0.405 e. The number of allylic oxidation sites excluding steroid dienone is 1. The van der Waals surface area contributed by atoms with E-state index in [1.54, 1.807) is 12.2 Å². The molecule has 0 heterocycles. The summed E-state index contributed by atoms with van der Waals surface area (Å²) in [4.78, 5) is 24.9. The van der Waals surface area contributed by atoms with E-state index in [1.165, 1.54) is 31.2 Å². The van der Waals surface area contributed by atoms with Crippen LogP contribution in [0.15, 0.2) is 36.4 Å². The third kappa shape index (κ3) is 9.10. The minimum Gasteiger partial charge on any atom is -0.345 e. The molecule has 0 spiro atoms. The Bertz CT molecular complexity index is 1180. The van der Waals surface area contributed by atoms with Gasteiger partial charge in [0.2, 0.25) is 5.91 Å². The van der Waals surface area contributed by atoms with Gasteiger partial charge >= 0.3 is 12.4 Å². The van der Waals surface area contributed by atoms with Crippen LogP contribution in [0.4, 0.5) is 26.3 Å². The van der Waals surface area contributed by atoms with Crippen molar-refractivity contribution < 1.29 is 35.9 Å². The largest absolute Gasteiger partial charge is 0.405 e. The van der Waals surface area contributed by atoms with Crippen molar-refractivity contribution in [2.24, 2.45) is 0 Å². The predicted octanol–water partition coefficient (Wildman–Crippen LogP) is 7.89. The molecule has 13 heteroatoms. The summed E-state index contributed by atoms with van der Waals surface area (Å²) >= 11 is 17.6. The van der Waals surface area contributed by atoms with Crippen LogP contribution in [-0.2, 0) is 4.79 Å². The summed E-state index contributed by atoms with van der Waals surface area (Å²) in [6.45, 7) is 1.70. The number of halogens is 9. The van der Waals surface area contributed by atoms with Gasteiger partial charge in [0.05, 0.1) is 21.0 Å². The first-order valence-electron chi connectivity index (χ1n) is 11.2. The van der Waals surface area contributed by atoms with Crippen LogP contribution in [0.2, 0.25) is 15.1 Å². The highest BCUT2D eigenvalue weighted by molar-refractivity contribution is 6.48. The van der Waals surface area contributed by atoms with Crippen LogP contribution in [-0.4, -0.2) is 36.8 Å². The minimum atomic E-state index is -4.67. The Labute approximate surface area is 230 Å². The van der Waals surface area contributed by atoms with E-state index in [4.69, 9.17) is 34.8 Å². The molecular formula is C25H23Cl3F6N2O2. The molecule has 2 unspecified atom stereocenters. The molecule has 38 heavy (non-hydrogen) atoms. The smallest absolute Gasteiger partial charge is 0.345 e. The van der Waals surface area contributed by atoms with Crippen LogP contribution in [0.1, 0.15) is 52.7 Å². The molecule has 2 amide bonds. The fraction of sp³-hybridized carbons (Fsp3) is 0.360. The van der Waals surface area contributed by atoms with Crippen molar-refractivity contribution in [3.05, 3.63) is 73.7 Å². The number of aryl methyl sites for hydroxylation is 1. The van der Waals surface area contributed by atoms with Crippen molar-refractivity contribution in [3.8, 4) is 0 Å². The Morgan fingerprint density at radius 2 is 1.61 bits per heavy atom. The molecule has 0 saturated carbocycles. The van der Waals surface area contributed by atoms with Gasteiger partial charge in [-0.2, -0.15) is 26.3 Å². The zero-order valence-electron chi connectivity index (χ0n) is 20.0. The maximum absolute atomic E-state index is 13.8. The molecule has 4 nitrogen and oxygen atoms in total. The van der Waals surface area contributed by atoms with Crippen LogP contribution in [0, 0.1) is 6.92 Å². The summed E-state index contributed by atoms with van der Waals surface area (Å²) < 4.78 is 78.6. The van der Waals surface area contributed by atoms with Gasteiger partial charge in [-0.15, -0.1) is 0 Å². The van der Waals surface area contributed by atoms with E-state index in [1.807, 2.05) is 0 Å². The Balaban J connectivity index is 2.24. The summed E-state index contributed by atoms with van der Waals surface area (Å²) in [7, 11) is 0. The molecule has 0 aromatic heterocycles. The molecular weight excluding hydrogens is 581 g/mol. The monoisotopic (exact) mass is 602 g/mol. The number of carbonyl (C=O) groups is 2. The first-order valence-corrected chi connectivity index (χ1v) is 12.3. The molecule has 2 N–H and O–H groups in total. The van der Waals surface area contributed by atoms with E-state index in [0.29, 0.717) is 17.5 Å². The molecule has 0 bridgehead atoms. The lowest BCUT2D eigenvalue weighted by Gasteiger charge is -2.19. The lowest BCUT2D eigenvalue weighted by molar-refractivity contribution is -0.139. The van der Waals surface area contributed by atoms with E-state index in [0.717, 1.165) is 18.2 Å². The molecule has 208 valence electrons. The quantitative estimate of drug-likeness (QED) is 0.226. The number of benzene rings is 2. The lowest BCUT2D eigenvalue weighted by Crippen LogP contribution is -2.48. The first kappa shape index (κ1) is 31.8. The highest BCUT2D eigenvalue weighted by atomic mass is 35.5. The van der Waals surface area contributed by atoms with Crippen molar-refractivity contribution in [2.75, 3.05) is 6.54 Å². The topological polar surface area (TPSA) is 58.2 Å². The molecule has 2 aromatic carbocycles. The summed E-state index contributed by atoms with van der Waals surface area (Å²) in [5, 5.41) is 3.84. The van der Waals surface area contributed by atoms with Crippen LogP contribution in [0.5, 0.6) is 0 Å². The number of hydrogen-bond donors (Lipinski definition) is 2. The van der Waals surface area contributed by atoms with E-state index < -0.39 is 42.7 Å². The maximum atomic E-state index is 13.8. The van der Waals surface area contributed by atoms with E-state index in [-0.39, 0.29) is 32.6 Å². The molecule has 0 aliphatic rings. The standard InChI is InChI=1S/C25H23Cl3F6N2O2/c1-3-4-20(23(38)35-12-24(29,30)31)36-22(37)16-7-5-14(9-13(16)2)6-8-17(25(32,33)34)15-10-18(26)21(28)19(27)11-15/h5-11,17,20H,3-4,12H2,1-2H3,(H,35,38)(H,36,37). The van der Waals surface area contributed by atoms with Gasteiger partial charge in [-0.1, -0.05) is 72.4 Å². The van der Waals surface area contributed by atoms with E-state index >= 15 is 0 Å². The van der Waals surface area contributed by atoms with Gasteiger partial charge in [0.25, 0.3) is 5.91 Å².